The SMILES string of the molecule is C=C/C=C(\C=C)Cn1cc(C)cn1. The third-order valence-corrected chi connectivity index (χ3v) is 1.70. The second-order valence-corrected chi connectivity index (χ2v) is 2.90. The summed E-state index contributed by atoms with van der Waals surface area (Å²) in [7, 11) is 0. The van der Waals surface area contributed by atoms with Gasteiger partial charge in [-0.15, -0.1) is 0 Å². The molecule has 68 valence electrons. The molecule has 2 heteroatoms. The number of nitrogens with zero attached hydrogens (tertiary/aromatic N) is 2. The molecule has 0 spiro atoms. The van der Waals surface area contributed by atoms with Crippen LogP contribution in [0, 0.1) is 6.92 Å². The normalized spacial score (nSPS) is 11.3. The summed E-state index contributed by atoms with van der Waals surface area (Å²) in [6, 6.07) is 0. The molecule has 0 fully saturated rings. The summed E-state index contributed by atoms with van der Waals surface area (Å²) >= 11 is 0. The predicted molar refractivity (Wildman–Crippen MR) is 55.4 cm³/mol. The summed E-state index contributed by atoms with van der Waals surface area (Å²) in [5.41, 5.74) is 2.28. The van der Waals surface area contributed by atoms with Gasteiger partial charge in [0.1, 0.15) is 0 Å². The zero-order valence-electron chi connectivity index (χ0n) is 7.90. The lowest BCUT2D eigenvalue weighted by Crippen LogP contribution is -1.99. The molecule has 0 aliphatic carbocycles. The van der Waals surface area contributed by atoms with Crippen LogP contribution in [0.25, 0.3) is 0 Å². The van der Waals surface area contributed by atoms with Gasteiger partial charge < -0.3 is 0 Å². The van der Waals surface area contributed by atoms with Crippen LogP contribution in [-0.4, -0.2) is 9.78 Å². The number of hydrogen-bond donors (Lipinski definition) is 0. The van der Waals surface area contributed by atoms with Crippen LogP contribution in [0.4, 0.5) is 0 Å². The monoisotopic (exact) mass is 174 g/mol. The first-order valence-electron chi connectivity index (χ1n) is 4.19. The third-order valence-electron chi connectivity index (χ3n) is 1.70. The van der Waals surface area contributed by atoms with E-state index in [-0.39, 0.29) is 0 Å². The van der Waals surface area contributed by atoms with E-state index in [0.29, 0.717) is 0 Å². The Labute approximate surface area is 78.9 Å². The Morgan fingerprint density at radius 3 is 2.85 bits per heavy atom. The molecule has 0 atom stereocenters. The number of aromatic nitrogens is 2. The van der Waals surface area contributed by atoms with Gasteiger partial charge >= 0.3 is 0 Å². The van der Waals surface area contributed by atoms with Gasteiger partial charge in [-0.3, -0.25) is 4.68 Å². The molecule has 1 heterocycles. The molecule has 0 aliphatic rings. The van der Waals surface area contributed by atoms with Crippen LogP contribution in [0.1, 0.15) is 5.56 Å². The van der Waals surface area contributed by atoms with Crippen molar-refractivity contribution >= 4 is 0 Å². The van der Waals surface area contributed by atoms with Gasteiger partial charge in [0, 0.05) is 6.20 Å². The van der Waals surface area contributed by atoms with Gasteiger partial charge in [-0.05, 0) is 18.1 Å². The molecular weight excluding hydrogens is 160 g/mol. The maximum absolute atomic E-state index is 4.18. The van der Waals surface area contributed by atoms with Crippen LogP contribution < -0.4 is 0 Å². The van der Waals surface area contributed by atoms with E-state index in [1.54, 1.807) is 6.08 Å². The number of allylic oxidation sites excluding steroid dienone is 4. The van der Waals surface area contributed by atoms with Crippen LogP contribution in [0.2, 0.25) is 0 Å². The van der Waals surface area contributed by atoms with Crippen molar-refractivity contribution in [1.29, 1.82) is 0 Å². The lowest BCUT2D eigenvalue weighted by atomic mass is 10.2. The third kappa shape index (κ3) is 2.75. The molecule has 1 aromatic rings. The highest BCUT2D eigenvalue weighted by molar-refractivity contribution is 5.21. The van der Waals surface area contributed by atoms with E-state index in [2.05, 4.69) is 18.3 Å². The van der Waals surface area contributed by atoms with Crippen LogP contribution in [0.15, 0.2) is 49.4 Å². The Morgan fingerprint density at radius 2 is 2.38 bits per heavy atom. The number of rotatable bonds is 4. The van der Waals surface area contributed by atoms with Gasteiger partial charge in [0.05, 0.1) is 12.7 Å². The van der Waals surface area contributed by atoms with Gasteiger partial charge in [-0.25, -0.2) is 0 Å². The summed E-state index contributed by atoms with van der Waals surface area (Å²) in [5.74, 6) is 0. The van der Waals surface area contributed by atoms with Gasteiger partial charge in [-0.1, -0.05) is 31.4 Å². The molecule has 1 aromatic heterocycles. The van der Waals surface area contributed by atoms with Crippen LogP contribution in [-0.2, 0) is 6.54 Å². The largest absolute Gasteiger partial charge is 0.268 e. The van der Waals surface area contributed by atoms with Crippen LogP contribution in [0.5, 0.6) is 0 Å². The lowest BCUT2D eigenvalue weighted by molar-refractivity contribution is 0.686. The van der Waals surface area contributed by atoms with Crippen LogP contribution in [0.3, 0.4) is 0 Å². The fraction of sp³-hybridized carbons (Fsp3) is 0.182. The smallest absolute Gasteiger partial charge is 0.0659 e. The van der Waals surface area contributed by atoms with Crippen molar-refractivity contribution in [2.24, 2.45) is 0 Å². The van der Waals surface area contributed by atoms with Crippen molar-refractivity contribution < 1.29 is 0 Å². The first-order valence-corrected chi connectivity index (χ1v) is 4.19. The lowest BCUT2D eigenvalue weighted by Gasteiger charge is -2.00. The molecule has 2 nitrogen and oxygen atoms in total. The van der Waals surface area contributed by atoms with Crippen molar-refractivity contribution in [1.82, 2.24) is 9.78 Å². The minimum Gasteiger partial charge on any atom is -0.268 e. The Morgan fingerprint density at radius 1 is 1.62 bits per heavy atom. The molecule has 0 amide bonds. The van der Waals surface area contributed by atoms with E-state index in [4.69, 9.17) is 0 Å². The Kier molecular flexibility index (Phi) is 3.26. The molecule has 0 aliphatic heterocycles. The van der Waals surface area contributed by atoms with Crippen molar-refractivity contribution in [3.05, 3.63) is 54.9 Å². The Bertz CT molecular complexity index is 332. The minimum atomic E-state index is 0.753. The molecule has 0 N–H and O–H groups in total. The first kappa shape index (κ1) is 9.52. The predicted octanol–water partition coefficient (Wildman–Crippen LogP) is 2.49. The summed E-state index contributed by atoms with van der Waals surface area (Å²) < 4.78 is 1.88. The second kappa shape index (κ2) is 4.45. The number of hydrogen-bond acceptors (Lipinski definition) is 1. The van der Waals surface area contributed by atoms with Crippen molar-refractivity contribution in [2.75, 3.05) is 0 Å². The highest BCUT2D eigenvalue weighted by Gasteiger charge is 1.95. The average Bonchev–Trinajstić information content (AvgIpc) is 2.50. The van der Waals surface area contributed by atoms with Gasteiger partial charge in [0.15, 0.2) is 0 Å². The van der Waals surface area contributed by atoms with Crippen molar-refractivity contribution in [2.45, 2.75) is 13.5 Å². The van der Waals surface area contributed by atoms with E-state index in [9.17, 15) is 0 Å². The molecule has 0 unspecified atom stereocenters. The molecule has 0 bridgehead atoms. The van der Waals surface area contributed by atoms with E-state index in [1.165, 1.54) is 5.56 Å². The molecule has 0 saturated carbocycles. The zero-order valence-corrected chi connectivity index (χ0v) is 7.90. The summed E-state index contributed by atoms with van der Waals surface area (Å²) in [4.78, 5) is 0. The number of aryl methyl sites for hydroxylation is 1. The molecule has 0 saturated heterocycles. The second-order valence-electron chi connectivity index (χ2n) is 2.90. The van der Waals surface area contributed by atoms with Gasteiger partial charge in [0.2, 0.25) is 0 Å². The van der Waals surface area contributed by atoms with Crippen LogP contribution >= 0.6 is 0 Å². The maximum Gasteiger partial charge on any atom is 0.0659 e. The highest BCUT2D eigenvalue weighted by Crippen LogP contribution is 2.02. The van der Waals surface area contributed by atoms with Crippen molar-refractivity contribution in [3.63, 3.8) is 0 Å². The van der Waals surface area contributed by atoms with Crippen molar-refractivity contribution in [3.8, 4) is 0 Å². The molecule has 0 aromatic carbocycles. The highest BCUT2D eigenvalue weighted by atomic mass is 15.3. The summed E-state index contributed by atoms with van der Waals surface area (Å²) in [6.07, 6.45) is 9.35. The molecule has 0 radical (unpaired) electrons. The average molecular weight is 174 g/mol. The molecule has 13 heavy (non-hydrogen) atoms. The zero-order chi connectivity index (χ0) is 9.68. The van der Waals surface area contributed by atoms with E-state index >= 15 is 0 Å². The fourth-order valence-corrected chi connectivity index (χ4v) is 1.08. The van der Waals surface area contributed by atoms with E-state index in [0.717, 1.165) is 12.1 Å². The quantitative estimate of drug-likeness (QED) is 0.641. The minimum absolute atomic E-state index is 0.753. The van der Waals surface area contributed by atoms with Gasteiger partial charge in [-0.2, -0.15) is 5.10 Å². The summed E-state index contributed by atoms with van der Waals surface area (Å²) in [5, 5.41) is 4.18. The topological polar surface area (TPSA) is 17.8 Å². The fourth-order valence-electron chi connectivity index (χ4n) is 1.08. The maximum atomic E-state index is 4.18. The molecule has 1 rings (SSSR count). The molecular formula is C11H14N2. The first-order chi connectivity index (χ1) is 6.26. The Hall–Kier alpha value is -1.57. The van der Waals surface area contributed by atoms with Gasteiger partial charge in [0.25, 0.3) is 0 Å². The van der Waals surface area contributed by atoms with E-state index in [1.807, 2.05) is 36.2 Å². The Balaban J connectivity index is 2.72. The summed E-state index contributed by atoms with van der Waals surface area (Å²) in [6.45, 7) is 10.1. The van der Waals surface area contributed by atoms with E-state index < -0.39 is 0 Å². The standard InChI is InChI=1S/C11H14N2/c1-4-6-11(5-2)9-13-8-10(3)7-12-13/h4-8H,1-2,9H2,3H3/b11-6+.